The van der Waals surface area contributed by atoms with Crippen LogP contribution in [0.1, 0.15) is 21.6 Å². The molecule has 0 atom stereocenters. The summed E-state index contributed by atoms with van der Waals surface area (Å²) in [5, 5.41) is 13.4. The van der Waals surface area contributed by atoms with Crippen molar-refractivity contribution in [3.63, 3.8) is 0 Å². The van der Waals surface area contributed by atoms with Crippen LogP contribution in [0, 0.1) is 0 Å². The number of carbonyl (C=O) groups is 1. The highest BCUT2D eigenvalue weighted by atomic mass is 35.5. The Morgan fingerprint density at radius 1 is 0.969 bits per heavy atom. The second-order valence-corrected chi connectivity index (χ2v) is 7.17. The van der Waals surface area contributed by atoms with Gasteiger partial charge in [-0.25, -0.2) is 4.68 Å². The lowest BCUT2D eigenvalue weighted by molar-refractivity contribution is -0.143. The first-order chi connectivity index (χ1) is 15.3. The van der Waals surface area contributed by atoms with E-state index in [4.69, 9.17) is 11.6 Å². The molecule has 32 heavy (non-hydrogen) atoms. The van der Waals surface area contributed by atoms with E-state index in [0.717, 1.165) is 22.9 Å². The minimum atomic E-state index is -4.85. The zero-order chi connectivity index (χ0) is 22.7. The number of amides is 1. The molecule has 4 aromatic rings. The van der Waals surface area contributed by atoms with Gasteiger partial charge in [0.25, 0.3) is 5.91 Å². The summed E-state index contributed by atoms with van der Waals surface area (Å²) in [6, 6.07) is 19.5. The summed E-state index contributed by atoms with van der Waals surface area (Å²) >= 11 is 5.64. The van der Waals surface area contributed by atoms with E-state index in [9.17, 15) is 18.0 Å². The number of nitrogens with one attached hydrogen (secondary N) is 1. The molecular formula is C22H15ClF3N5O. The minimum absolute atomic E-state index is 0.0187. The summed E-state index contributed by atoms with van der Waals surface area (Å²) in [4.78, 5) is 12.6. The maximum absolute atomic E-state index is 13.8. The van der Waals surface area contributed by atoms with E-state index in [1.54, 1.807) is 6.07 Å². The van der Waals surface area contributed by atoms with Crippen molar-refractivity contribution in [2.24, 2.45) is 0 Å². The molecule has 1 N–H and O–H groups in total. The van der Waals surface area contributed by atoms with Crippen molar-refractivity contribution in [1.29, 1.82) is 0 Å². The Balaban J connectivity index is 1.57. The lowest BCUT2D eigenvalue weighted by Crippen LogP contribution is -2.26. The molecule has 2 heterocycles. The van der Waals surface area contributed by atoms with Gasteiger partial charge in [0.05, 0.1) is 11.8 Å². The van der Waals surface area contributed by atoms with Gasteiger partial charge < -0.3 is 5.32 Å². The number of benzene rings is 2. The van der Waals surface area contributed by atoms with E-state index in [-0.39, 0.29) is 17.5 Å². The predicted octanol–water partition coefficient (Wildman–Crippen LogP) is 4.93. The number of aromatic nitrogens is 4. The SMILES string of the molecule is O=C(NCc1cccc(-c2ccccc2)c1)c1cnn(-c2ccc(Cl)nn2)c1C(F)(F)F. The largest absolute Gasteiger partial charge is 0.434 e. The predicted molar refractivity (Wildman–Crippen MR) is 112 cm³/mol. The molecule has 0 saturated carbocycles. The van der Waals surface area contributed by atoms with Crippen LogP contribution >= 0.6 is 11.6 Å². The van der Waals surface area contributed by atoms with Crippen LogP contribution in [0.5, 0.6) is 0 Å². The fraction of sp³-hybridized carbons (Fsp3) is 0.0909. The zero-order valence-electron chi connectivity index (χ0n) is 16.3. The van der Waals surface area contributed by atoms with Crippen molar-refractivity contribution >= 4 is 17.5 Å². The Morgan fingerprint density at radius 3 is 2.41 bits per heavy atom. The van der Waals surface area contributed by atoms with Gasteiger partial charge in [-0.15, -0.1) is 10.2 Å². The van der Waals surface area contributed by atoms with Crippen LogP contribution in [0.15, 0.2) is 72.9 Å². The van der Waals surface area contributed by atoms with Gasteiger partial charge in [0.15, 0.2) is 16.7 Å². The average molecular weight is 458 g/mol. The van der Waals surface area contributed by atoms with Gasteiger partial charge in [-0.3, -0.25) is 4.79 Å². The Bertz CT molecular complexity index is 1240. The lowest BCUT2D eigenvalue weighted by Gasteiger charge is -2.12. The molecule has 0 fully saturated rings. The number of alkyl halides is 3. The topological polar surface area (TPSA) is 72.7 Å². The molecule has 0 radical (unpaired) electrons. The molecule has 0 bridgehead atoms. The highest BCUT2D eigenvalue weighted by Crippen LogP contribution is 2.33. The van der Waals surface area contributed by atoms with Crippen LogP contribution in [-0.2, 0) is 12.7 Å². The van der Waals surface area contributed by atoms with Gasteiger partial charge in [0.2, 0.25) is 0 Å². The van der Waals surface area contributed by atoms with Crippen LogP contribution in [0.3, 0.4) is 0 Å². The maximum atomic E-state index is 13.8. The molecule has 2 aromatic carbocycles. The van der Waals surface area contributed by atoms with Crippen LogP contribution < -0.4 is 5.32 Å². The number of hydrogen-bond donors (Lipinski definition) is 1. The zero-order valence-corrected chi connectivity index (χ0v) is 17.1. The van der Waals surface area contributed by atoms with Crippen molar-refractivity contribution in [1.82, 2.24) is 25.3 Å². The van der Waals surface area contributed by atoms with E-state index in [1.165, 1.54) is 12.1 Å². The minimum Gasteiger partial charge on any atom is -0.348 e. The molecule has 0 spiro atoms. The summed E-state index contributed by atoms with van der Waals surface area (Å²) in [7, 11) is 0. The third-order valence-corrected chi connectivity index (χ3v) is 4.81. The third kappa shape index (κ3) is 4.62. The molecule has 10 heteroatoms. The van der Waals surface area contributed by atoms with E-state index < -0.39 is 23.3 Å². The molecule has 2 aromatic heterocycles. The first-order valence-electron chi connectivity index (χ1n) is 9.40. The number of nitrogens with zero attached hydrogens (tertiary/aromatic N) is 4. The van der Waals surface area contributed by atoms with E-state index in [1.807, 2.05) is 48.5 Å². The Kier molecular flexibility index (Phi) is 5.91. The summed E-state index contributed by atoms with van der Waals surface area (Å²) in [6.45, 7) is 0.0444. The highest BCUT2D eigenvalue weighted by Gasteiger charge is 2.41. The normalized spacial score (nSPS) is 11.4. The average Bonchev–Trinajstić information content (AvgIpc) is 3.25. The van der Waals surface area contributed by atoms with Gasteiger partial charge >= 0.3 is 6.18 Å². The van der Waals surface area contributed by atoms with Gasteiger partial charge in [0.1, 0.15) is 0 Å². The van der Waals surface area contributed by atoms with Crippen molar-refractivity contribution < 1.29 is 18.0 Å². The van der Waals surface area contributed by atoms with Crippen LogP contribution in [0.25, 0.3) is 16.9 Å². The van der Waals surface area contributed by atoms with Crippen molar-refractivity contribution in [3.8, 4) is 16.9 Å². The first-order valence-corrected chi connectivity index (χ1v) is 9.78. The molecule has 6 nitrogen and oxygen atoms in total. The Morgan fingerprint density at radius 2 is 1.72 bits per heavy atom. The molecule has 0 aliphatic carbocycles. The monoisotopic (exact) mass is 457 g/mol. The third-order valence-electron chi connectivity index (χ3n) is 4.60. The van der Waals surface area contributed by atoms with Crippen molar-refractivity contribution in [2.75, 3.05) is 0 Å². The Hall–Kier alpha value is -3.72. The maximum Gasteiger partial charge on any atom is 0.434 e. The molecule has 1 amide bonds. The molecule has 0 saturated heterocycles. The molecule has 4 rings (SSSR count). The van der Waals surface area contributed by atoms with E-state index >= 15 is 0 Å². The van der Waals surface area contributed by atoms with Crippen LogP contribution in [0.2, 0.25) is 5.15 Å². The van der Waals surface area contributed by atoms with Crippen LogP contribution in [0.4, 0.5) is 13.2 Å². The fourth-order valence-electron chi connectivity index (χ4n) is 3.15. The highest BCUT2D eigenvalue weighted by molar-refractivity contribution is 6.29. The van der Waals surface area contributed by atoms with E-state index in [2.05, 4.69) is 20.6 Å². The molecule has 0 aliphatic heterocycles. The summed E-state index contributed by atoms with van der Waals surface area (Å²) in [5.41, 5.74) is 0.801. The van der Waals surface area contributed by atoms with Gasteiger partial charge in [0, 0.05) is 6.54 Å². The molecule has 0 unspecified atom stereocenters. The second kappa shape index (κ2) is 8.80. The number of hydrogen-bond acceptors (Lipinski definition) is 4. The fourth-order valence-corrected chi connectivity index (χ4v) is 3.25. The smallest absolute Gasteiger partial charge is 0.348 e. The molecule has 0 aliphatic rings. The summed E-state index contributed by atoms with van der Waals surface area (Å²) in [5.74, 6) is -1.12. The summed E-state index contributed by atoms with van der Waals surface area (Å²) in [6.07, 6.45) is -3.99. The number of carbonyl (C=O) groups excluding carboxylic acids is 1. The Labute approximate surface area is 185 Å². The first kappa shape index (κ1) is 21.5. The second-order valence-electron chi connectivity index (χ2n) is 6.78. The van der Waals surface area contributed by atoms with Gasteiger partial charge in [-0.2, -0.15) is 18.3 Å². The number of halogens is 4. The van der Waals surface area contributed by atoms with E-state index in [0.29, 0.717) is 4.68 Å². The number of rotatable bonds is 5. The van der Waals surface area contributed by atoms with Gasteiger partial charge in [-0.05, 0) is 34.9 Å². The molecule has 162 valence electrons. The van der Waals surface area contributed by atoms with Gasteiger partial charge in [-0.1, -0.05) is 60.1 Å². The quantitative estimate of drug-likeness (QED) is 0.461. The van der Waals surface area contributed by atoms with Crippen molar-refractivity contribution in [2.45, 2.75) is 12.7 Å². The molecular weight excluding hydrogens is 443 g/mol. The van der Waals surface area contributed by atoms with Crippen LogP contribution in [-0.4, -0.2) is 25.9 Å². The van der Waals surface area contributed by atoms with Crippen molar-refractivity contribution in [3.05, 3.63) is 94.9 Å². The standard InChI is InChI=1S/C22H15ClF3N5O/c23-18-9-10-19(30-29-18)31-20(22(24,25)26)17(13-28-31)21(32)27-12-14-5-4-8-16(11-14)15-6-2-1-3-7-15/h1-11,13H,12H2,(H,27,32). The lowest BCUT2D eigenvalue weighted by atomic mass is 10.0. The summed E-state index contributed by atoms with van der Waals surface area (Å²) < 4.78 is 41.8.